The van der Waals surface area contributed by atoms with Gasteiger partial charge in [-0.15, -0.1) is 0 Å². The normalized spacial score (nSPS) is 19.6. The maximum Gasteiger partial charge on any atom is 0.254 e. The van der Waals surface area contributed by atoms with E-state index in [2.05, 4.69) is 34.1 Å². The van der Waals surface area contributed by atoms with Crippen LogP contribution in [0.3, 0.4) is 0 Å². The number of carbonyl (C=O) groups is 2. The molecule has 2 aromatic carbocycles. The number of piperazine rings is 1. The number of carbonyl (C=O) groups excluding carboxylic acids is 2. The molecule has 2 aromatic rings. The van der Waals surface area contributed by atoms with Crippen LogP contribution < -0.4 is 9.47 Å². The number of nitrogens with zero attached hydrogens (tertiary/aromatic N) is 3. The number of methoxy groups -OCH3 is 2. The van der Waals surface area contributed by atoms with Crippen LogP contribution in [0.4, 0.5) is 0 Å². The van der Waals surface area contributed by atoms with Crippen molar-refractivity contribution in [1.82, 2.24) is 14.7 Å². The molecule has 2 aliphatic heterocycles. The molecule has 2 fully saturated rings. The predicted octanol–water partition coefficient (Wildman–Crippen LogP) is 3.61. The topological polar surface area (TPSA) is 62.3 Å². The molecule has 7 heteroatoms. The summed E-state index contributed by atoms with van der Waals surface area (Å²) >= 11 is 0. The van der Waals surface area contributed by atoms with Crippen molar-refractivity contribution in [3.8, 4) is 11.5 Å². The van der Waals surface area contributed by atoms with E-state index in [-0.39, 0.29) is 17.9 Å². The number of hydrogen-bond acceptors (Lipinski definition) is 5. The third-order valence-electron chi connectivity index (χ3n) is 8.13. The highest BCUT2D eigenvalue weighted by Gasteiger charge is 2.40. The van der Waals surface area contributed by atoms with E-state index >= 15 is 0 Å². The van der Waals surface area contributed by atoms with Gasteiger partial charge in [0.1, 0.15) is 11.5 Å². The second kappa shape index (κ2) is 10.9. The fraction of sp³-hybridized carbons (Fsp3) is 0.517. The van der Waals surface area contributed by atoms with Crippen LogP contribution in [-0.2, 0) is 17.8 Å². The monoisotopic (exact) mass is 491 g/mol. The first-order chi connectivity index (χ1) is 17.6. The molecule has 5 rings (SSSR count). The smallest absolute Gasteiger partial charge is 0.254 e. The molecule has 0 unspecified atom stereocenters. The second-order valence-electron chi connectivity index (χ2n) is 10.2. The molecular weight excluding hydrogens is 454 g/mol. The highest BCUT2D eigenvalue weighted by molar-refractivity contribution is 5.95. The average Bonchev–Trinajstić information content (AvgIpc) is 3.47. The molecular formula is C29H37N3O4. The highest BCUT2D eigenvalue weighted by atomic mass is 16.5. The summed E-state index contributed by atoms with van der Waals surface area (Å²) in [5, 5.41) is 0. The van der Waals surface area contributed by atoms with Crippen molar-refractivity contribution in [3.05, 3.63) is 59.2 Å². The average molecular weight is 492 g/mol. The van der Waals surface area contributed by atoms with Crippen molar-refractivity contribution in [2.24, 2.45) is 5.92 Å². The Morgan fingerprint density at radius 1 is 0.833 bits per heavy atom. The molecule has 0 spiro atoms. The fourth-order valence-electron chi connectivity index (χ4n) is 6.12. The van der Waals surface area contributed by atoms with Crippen LogP contribution in [0.5, 0.6) is 11.5 Å². The molecule has 2 heterocycles. The zero-order chi connectivity index (χ0) is 25.1. The first kappa shape index (κ1) is 24.6. The van der Waals surface area contributed by atoms with Gasteiger partial charge in [0.25, 0.3) is 5.91 Å². The van der Waals surface area contributed by atoms with Gasteiger partial charge in [-0.25, -0.2) is 0 Å². The third-order valence-corrected chi connectivity index (χ3v) is 8.13. The lowest BCUT2D eigenvalue weighted by molar-refractivity contribution is -0.141. The van der Waals surface area contributed by atoms with Gasteiger partial charge in [-0.1, -0.05) is 37.1 Å². The molecule has 1 saturated carbocycles. The maximum atomic E-state index is 13.9. The van der Waals surface area contributed by atoms with Crippen LogP contribution in [0.1, 0.15) is 47.2 Å². The summed E-state index contributed by atoms with van der Waals surface area (Å²) in [5.41, 5.74) is 3.20. The van der Waals surface area contributed by atoms with Crippen molar-refractivity contribution < 1.29 is 19.1 Å². The summed E-state index contributed by atoms with van der Waals surface area (Å²) < 4.78 is 10.7. The van der Waals surface area contributed by atoms with E-state index in [1.165, 1.54) is 24.0 Å². The van der Waals surface area contributed by atoms with Gasteiger partial charge in [-0.3, -0.25) is 14.5 Å². The Labute approximate surface area is 214 Å². The third kappa shape index (κ3) is 5.07. The molecule has 3 aliphatic rings. The number of hydrogen-bond donors (Lipinski definition) is 0. The minimum atomic E-state index is -0.0908. The second-order valence-corrected chi connectivity index (χ2v) is 10.2. The van der Waals surface area contributed by atoms with Crippen molar-refractivity contribution in [2.75, 3.05) is 46.9 Å². The van der Waals surface area contributed by atoms with E-state index in [9.17, 15) is 9.59 Å². The van der Waals surface area contributed by atoms with Gasteiger partial charge in [0.2, 0.25) is 5.91 Å². The fourth-order valence-corrected chi connectivity index (χ4v) is 6.12. The van der Waals surface area contributed by atoms with Crippen molar-refractivity contribution in [1.29, 1.82) is 0 Å². The van der Waals surface area contributed by atoms with Gasteiger partial charge in [-0.05, 0) is 48.4 Å². The standard InChI is InChI=1S/C29H37N3O4/c1-35-25-17-24(18-26(19-25)36-2)28(33)31-15-13-30(14-16-31)27(22-8-4-5-9-22)29(34)32-12-11-21-7-3-6-10-23(21)20-32/h3,6-7,10,17-19,22,27H,4-5,8-9,11-16,20H2,1-2H3/t27-/m1/s1. The van der Waals surface area contributed by atoms with Gasteiger partial charge in [0.05, 0.1) is 20.3 Å². The molecule has 0 N–H and O–H groups in total. The number of fused-ring (bicyclic) bond motifs is 1. The van der Waals surface area contributed by atoms with E-state index in [0.29, 0.717) is 55.7 Å². The van der Waals surface area contributed by atoms with Crippen LogP contribution >= 0.6 is 0 Å². The lowest BCUT2D eigenvalue weighted by Gasteiger charge is -2.43. The molecule has 2 amide bonds. The summed E-state index contributed by atoms with van der Waals surface area (Å²) in [6.07, 6.45) is 5.56. The summed E-state index contributed by atoms with van der Waals surface area (Å²) in [4.78, 5) is 33.6. The molecule has 192 valence electrons. The minimum absolute atomic E-state index is 0.0248. The van der Waals surface area contributed by atoms with E-state index in [1.807, 2.05) is 4.90 Å². The van der Waals surface area contributed by atoms with Gasteiger partial charge in [0, 0.05) is 50.9 Å². The highest BCUT2D eigenvalue weighted by Crippen LogP contribution is 2.33. The van der Waals surface area contributed by atoms with Gasteiger partial charge in [-0.2, -0.15) is 0 Å². The molecule has 0 bridgehead atoms. The number of rotatable bonds is 6. The predicted molar refractivity (Wildman–Crippen MR) is 138 cm³/mol. The molecule has 1 atom stereocenters. The molecule has 0 radical (unpaired) electrons. The number of benzene rings is 2. The van der Waals surface area contributed by atoms with Crippen molar-refractivity contribution in [2.45, 2.75) is 44.7 Å². The molecule has 0 aromatic heterocycles. The van der Waals surface area contributed by atoms with Crippen LogP contribution in [0, 0.1) is 5.92 Å². The summed E-state index contributed by atoms with van der Waals surface area (Å²) in [7, 11) is 3.17. The zero-order valence-electron chi connectivity index (χ0n) is 21.4. The first-order valence-electron chi connectivity index (χ1n) is 13.2. The largest absolute Gasteiger partial charge is 0.497 e. The lowest BCUT2D eigenvalue weighted by Crippen LogP contribution is -2.58. The van der Waals surface area contributed by atoms with Crippen LogP contribution in [0.2, 0.25) is 0 Å². The Hall–Kier alpha value is -3.06. The number of ether oxygens (including phenoxy) is 2. The van der Waals surface area contributed by atoms with Gasteiger partial charge < -0.3 is 19.3 Å². The van der Waals surface area contributed by atoms with E-state index in [1.54, 1.807) is 32.4 Å². The molecule has 1 saturated heterocycles. The molecule has 1 aliphatic carbocycles. The first-order valence-corrected chi connectivity index (χ1v) is 13.2. The Morgan fingerprint density at radius 2 is 1.47 bits per heavy atom. The SMILES string of the molecule is COc1cc(OC)cc(C(=O)N2CCN([C@@H](C(=O)N3CCc4ccccc4C3)C3CCCC3)CC2)c1. The summed E-state index contributed by atoms with van der Waals surface area (Å²) in [5.74, 6) is 1.86. The molecule has 7 nitrogen and oxygen atoms in total. The Kier molecular flexibility index (Phi) is 7.46. The summed E-state index contributed by atoms with van der Waals surface area (Å²) in [6.45, 7) is 4.13. The molecule has 36 heavy (non-hydrogen) atoms. The van der Waals surface area contributed by atoms with Crippen molar-refractivity contribution in [3.63, 3.8) is 0 Å². The Balaban J connectivity index is 1.28. The Morgan fingerprint density at radius 3 is 2.11 bits per heavy atom. The van der Waals surface area contributed by atoms with E-state index in [4.69, 9.17) is 9.47 Å². The Bertz CT molecular complexity index is 1070. The quantitative estimate of drug-likeness (QED) is 0.618. The summed E-state index contributed by atoms with van der Waals surface area (Å²) in [6, 6.07) is 13.7. The number of amides is 2. The zero-order valence-corrected chi connectivity index (χ0v) is 21.4. The maximum absolute atomic E-state index is 13.9. The van der Waals surface area contributed by atoms with Crippen LogP contribution in [0.15, 0.2) is 42.5 Å². The van der Waals surface area contributed by atoms with Crippen LogP contribution in [-0.4, -0.2) is 79.5 Å². The van der Waals surface area contributed by atoms with Crippen molar-refractivity contribution >= 4 is 11.8 Å². The van der Waals surface area contributed by atoms with Crippen LogP contribution in [0.25, 0.3) is 0 Å². The van der Waals surface area contributed by atoms with E-state index < -0.39 is 0 Å². The van der Waals surface area contributed by atoms with Gasteiger partial charge >= 0.3 is 0 Å². The lowest BCUT2D eigenvalue weighted by atomic mass is 9.92. The van der Waals surface area contributed by atoms with E-state index in [0.717, 1.165) is 25.8 Å². The van der Waals surface area contributed by atoms with Gasteiger partial charge in [0.15, 0.2) is 0 Å². The minimum Gasteiger partial charge on any atom is -0.497 e.